The van der Waals surface area contributed by atoms with E-state index in [1.807, 2.05) is 11.6 Å². The van der Waals surface area contributed by atoms with Gasteiger partial charge in [0, 0.05) is 12.7 Å². The third-order valence-electron chi connectivity index (χ3n) is 2.32. The molecule has 0 aliphatic heterocycles. The van der Waals surface area contributed by atoms with E-state index in [-0.39, 0.29) is 0 Å². The van der Waals surface area contributed by atoms with Gasteiger partial charge in [-0.2, -0.15) is 5.10 Å². The lowest BCUT2D eigenvalue weighted by atomic mass is 10.2. The second-order valence-electron chi connectivity index (χ2n) is 4.53. The molecule has 0 saturated heterocycles. The molecule has 0 amide bonds. The molecule has 0 aliphatic carbocycles. The second-order valence-corrected chi connectivity index (χ2v) is 4.53. The predicted octanol–water partition coefficient (Wildman–Crippen LogP) is 2.22. The van der Waals surface area contributed by atoms with E-state index in [1.165, 1.54) is 12.8 Å². The van der Waals surface area contributed by atoms with Crippen LogP contribution in [0.15, 0.2) is 12.3 Å². The highest BCUT2D eigenvalue weighted by molar-refractivity contribution is 4.94. The van der Waals surface area contributed by atoms with Gasteiger partial charge in [0.2, 0.25) is 0 Å². The molecule has 86 valence electrons. The Morgan fingerprint density at radius 2 is 2.20 bits per heavy atom. The molecule has 0 spiro atoms. The average Bonchev–Trinajstić information content (AvgIpc) is 2.57. The van der Waals surface area contributed by atoms with E-state index in [1.54, 1.807) is 0 Å². The standard InChI is InChI=1S/C12H23N3/c1-11(2)10-13-7-4-5-8-15-9-6-12(3)14-15/h6,9,11,13H,4-5,7-8,10H2,1-3H3. The zero-order chi connectivity index (χ0) is 11.1. The van der Waals surface area contributed by atoms with Gasteiger partial charge in [0.05, 0.1) is 5.69 Å². The smallest absolute Gasteiger partial charge is 0.0593 e. The van der Waals surface area contributed by atoms with Crippen LogP contribution in [-0.4, -0.2) is 22.9 Å². The summed E-state index contributed by atoms with van der Waals surface area (Å²) in [5.74, 6) is 0.749. The van der Waals surface area contributed by atoms with Crippen LogP contribution in [0.5, 0.6) is 0 Å². The molecule has 15 heavy (non-hydrogen) atoms. The van der Waals surface area contributed by atoms with Crippen molar-refractivity contribution < 1.29 is 0 Å². The van der Waals surface area contributed by atoms with Crippen LogP contribution < -0.4 is 5.32 Å². The number of nitrogens with zero attached hydrogens (tertiary/aromatic N) is 2. The maximum Gasteiger partial charge on any atom is 0.0593 e. The van der Waals surface area contributed by atoms with E-state index in [2.05, 4.69) is 36.5 Å². The van der Waals surface area contributed by atoms with Crippen LogP contribution in [0.2, 0.25) is 0 Å². The minimum absolute atomic E-state index is 0.749. The van der Waals surface area contributed by atoms with Gasteiger partial charge in [0.25, 0.3) is 0 Å². The van der Waals surface area contributed by atoms with E-state index in [0.717, 1.165) is 31.2 Å². The van der Waals surface area contributed by atoms with Crippen LogP contribution >= 0.6 is 0 Å². The van der Waals surface area contributed by atoms with Crippen LogP contribution in [0.25, 0.3) is 0 Å². The number of nitrogens with one attached hydrogen (secondary N) is 1. The normalized spacial score (nSPS) is 11.2. The molecule has 3 heteroatoms. The summed E-state index contributed by atoms with van der Waals surface area (Å²) >= 11 is 0. The molecule has 1 heterocycles. The molecule has 1 aromatic heterocycles. The molecule has 0 atom stereocenters. The summed E-state index contributed by atoms with van der Waals surface area (Å²) in [4.78, 5) is 0. The summed E-state index contributed by atoms with van der Waals surface area (Å²) in [6.07, 6.45) is 4.48. The van der Waals surface area contributed by atoms with Gasteiger partial charge >= 0.3 is 0 Å². The average molecular weight is 209 g/mol. The zero-order valence-corrected chi connectivity index (χ0v) is 10.2. The summed E-state index contributed by atoms with van der Waals surface area (Å²) in [6.45, 7) is 9.79. The Bertz CT molecular complexity index is 266. The van der Waals surface area contributed by atoms with Crippen LogP contribution in [0.1, 0.15) is 32.4 Å². The summed E-state index contributed by atoms with van der Waals surface area (Å²) in [7, 11) is 0. The van der Waals surface area contributed by atoms with E-state index in [4.69, 9.17) is 0 Å². The predicted molar refractivity (Wildman–Crippen MR) is 63.9 cm³/mol. The minimum Gasteiger partial charge on any atom is -0.316 e. The maximum atomic E-state index is 4.35. The van der Waals surface area contributed by atoms with E-state index in [9.17, 15) is 0 Å². The third-order valence-corrected chi connectivity index (χ3v) is 2.32. The Morgan fingerprint density at radius 1 is 1.40 bits per heavy atom. The highest BCUT2D eigenvalue weighted by Gasteiger charge is 1.95. The molecule has 1 aromatic rings. The van der Waals surface area contributed by atoms with Crippen molar-refractivity contribution >= 4 is 0 Å². The lowest BCUT2D eigenvalue weighted by Crippen LogP contribution is -2.20. The van der Waals surface area contributed by atoms with Gasteiger partial charge < -0.3 is 5.32 Å². The van der Waals surface area contributed by atoms with Gasteiger partial charge in [0.1, 0.15) is 0 Å². The fraction of sp³-hybridized carbons (Fsp3) is 0.750. The zero-order valence-electron chi connectivity index (χ0n) is 10.2. The lowest BCUT2D eigenvalue weighted by molar-refractivity contribution is 0.505. The van der Waals surface area contributed by atoms with Crippen LogP contribution in [0, 0.1) is 12.8 Å². The van der Waals surface area contributed by atoms with E-state index < -0.39 is 0 Å². The largest absolute Gasteiger partial charge is 0.316 e. The quantitative estimate of drug-likeness (QED) is 0.698. The molecule has 0 saturated carbocycles. The van der Waals surface area contributed by atoms with Crippen molar-refractivity contribution in [2.24, 2.45) is 5.92 Å². The fourth-order valence-electron chi connectivity index (χ4n) is 1.50. The first kappa shape index (κ1) is 12.2. The third kappa shape index (κ3) is 5.57. The Hall–Kier alpha value is -0.830. The van der Waals surface area contributed by atoms with Crippen molar-refractivity contribution in [3.05, 3.63) is 18.0 Å². The lowest BCUT2D eigenvalue weighted by Gasteiger charge is -2.07. The van der Waals surface area contributed by atoms with Crippen molar-refractivity contribution in [3.8, 4) is 0 Å². The highest BCUT2D eigenvalue weighted by atomic mass is 15.3. The molecule has 0 radical (unpaired) electrons. The highest BCUT2D eigenvalue weighted by Crippen LogP contribution is 1.97. The number of aromatic nitrogens is 2. The van der Waals surface area contributed by atoms with Gasteiger partial charge in [-0.1, -0.05) is 13.8 Å². The first-order chi connectivity index (χ1) is 7.18. The Balaban J connectivity index is 1.98. The molecule has 1 N–H and O–H groups in total. The number of hydrogen-bond acceptors (Lipinski definition) is 2. The van der Waals surface area contributed by atoms with Crippen molar-refractivity contribution in [2.75, 3.05) is 13.1 Å². The number of aryl methyl sites for hydroxylation is 2. The van der Waals surface area contributed by atoms with Crippen molar-refractivity contribution in [3.63, 3.8) is 0 Å². The molecule has 0 aliphatic rings. The summed E-state index contributed by atoms with van der Waals surface area (Å²) < 4.78 is 2.03. The molecule has 3 nitrogen and oxygen atoms in total. The number of hydrogen-bond donors (Lipinski definition) is 1. The monoisotopic (exact) mass is 209 g/mol. The fourth-order valence-corrected chi connectivity index (χ4v) is 1.50. The van der Waals surface area contributed by atoms with Crippen molar-refractivity contribution in [2.45, 2.75) is 40.2 Å². The van der Waals surface area contributed by atoms with Crippen LogP contribution in [0.3, 0.4) is 0 Å². The van der Waals surface area contributed by atoms with Crippen LogP contribution in [0.4, 0.5) is 0 Å². The van der Waals surface area contributed by atoms with Gasteiger partial charge in [-0.05, 0) is 44.8 Å². The topological polar surface area (TPSA) is 29.9 Å². The first-order valence-electron chi connectivity index (χ1n) is 5.89. The van der Waals surface area contributed by atoms with E-state index in [0.29, 0.717) is 0 Å². The minimum atomic E-state index is 0.749. The molecule has 0 aromatic carbocycles. The Kier molecular flexibility index (Phi) is 5.40. The number of unbranched alkanes of at least 4 members (excludes halogenated alkanes) is 1. The molecule has 0 fully saturated rings. The summed E-state index contributed by atoms with van der Waals surface area (Å²) in [6, 6.07) is 2.05. The van der Waals surface area contributed by atoms with Gasteiger partial charge in [-0.3, -0.25) is 4.68 Å². The molecule has 0 unspecified atom stereocenters. The summed E-state index contributed by atoms with van der Waals surface area (Å²) in [5, 5.41) is 7.80. The number of rotatable bonds is 7. The molecule has 0 bridgehead atoms. The van der Waals surface area contributed by atoms with Gasteiger partial charge in [-0.15, -0.1) is 0 Å². The SMILES string of the molecule is Cc1ccn(CCCCNCC(C)C)n1. The first-order valence-corrected chi connectivity index (χ1v) is 5.89. The molecule has 1 rings (SSSR count). The van der Waals surface area contributed by atoms with E-state index >= 15 is 0 Å². The maximum absolute atomic E-state index is 4.35. The Labute approximate surface area is 92.9 Å². The van der Waals surface area contributed by atoms with Gasteiger partial charge in [-0.25, -0.2) is 0 Å². The molecular weight excluding hydrogens is 186 g/mol. The van der Waals surface area contributed by atoms with Gasteiger partial charge in [0.15, 0.2) is 0 Å². The second kappa shape index (κ2) is 6.62. The van der Waals surface area contributed by atoms with Crippen LogP contribution in [-0.2, 0) is 6.54 Å². The van der Waals surface area contributed by atoms with Crippen molar-refractivity contribution in [1.82, 2.24) is 15.1 Å². The Morgan fingerprint density at radius 3 is 2.80 bits per heavy atom. The summed E-state index contributed by atoms with van der Waals surface area (Å²) in [5.41, 5.74) is 1.10. The van der Waals surface area contributed by atoms with Crippen molar-refractivity contribution in [1.29, 1.82) is 0 Å². The molecular formula is C12H23N3.